The Balaban J connectivity index is 2.22. The first-order valence-electron chi connectivity index (χ1n) is 7.92. The number of likely N-dealkylation sites (N-methyl/N-ethyl adjacent to an activating group) is 1. The number of nitrogens with zero attached hydrogens (tertiary/aromatic N) is 4. The van der Waals surface area contributed by atoms with Crippen molar-refractivity contribution in [2.45, 2.75) is 64.6 Å². The summed E-state index contributed by atoms with van der Waals surface area (Å²) in [5.74, 6) is 0. The second kappa shape index (κ2) is 6.68. The maximum absolute atomic E-state index is 4.24. The highest BCUT2D eigenvalue weighted by Gasteiger charge is 2.37. The number of likely N-dealkylation sites (tertiary alicyclic amines) is 1. The Morgan fingerprint density at radius 2 is 2.00 bits per heavy atom. The van der Waals surface area contributed by atoms with Crippen molar-refractivity contribution in [3.63, 3.8) is 0 Å². The number of rotatable bonds is 6. The number of hydrogen-bond donors (Lipinski definition) is 1. The van der Waals surface area contributed by atoms with Gasteiger partial charge in [0.1, 0.15) is 0 Å². The van der Waals surface area contributed by atoms with Crippen molar-refractivity contribution < 1.29 is 0 Å². The summed E-state index contributed by atoms with van der Waals surface area (Å²) in [4.78, 5) is 2.61. The number of nitrogens with one attached hydrogen (secondary N) is 1. The van der Waals surface area contributed by atoms with Crippen LogP contribution in [0.1, 0.15) is 58.2 Å². The maximum atomic E-state index is 4.24. The molecule has 1 saturated heterocycles. The van der Waals surface area contributed by atoms with Gasteiger partial charge in [0.15, 0.2) is 0 Å². The quantitative estimate of drug-likeness (QED) is 0.867. The van der Waals surface area contributed by atoms with Crippen LogP contribution in [0.25, 0.3) is 0 Å². The lowest BCUT2D eigenvalue weighted by molar-refractivity contribution is 0.0604. The minimum atomic E-state index is 0.0718. The fourth-order valence-corrected chi connectivity index (χ4v) is 3.39. The molecule has 0 amide bonds. The lowest BCUT2D eigenvalue weighted by atomic mass is 9.88. The highest BCUT2D eigenvalue weighted by Crippen LogP contribution is 2.32. The van der Waals surface area contributed by atoms with E-state index in [1.807, 2.05) is 17.9 Å². The van der Waals surface area contributed by atoms with Crippen molar-refractivity contribution in [3.05, 3.63) is 11.9 Å². The van der Waals surface area contributed by atoms with Gasteiger partial charge in [-0.2, -0.15) is 0 Å². The fourth-order valence-electron chi connectivity index (χ4n) is 3.39. The number of aryl methyl sites for hydroxylation is 1. The summed E-state index contributed by atoms with van der Waals surface area (Å²) in [6, 6.07) is 0.252. The molecule has 2 heterocycles. The van der Waals surface area contributed by atoms with E-state index in [-0.39, 0.29) is 11.6 Å². The summed E-state index contributed by atoms with van der Waals surface area (Å²) < 4.78 is 2.05. The Bertz CT molecular complexity index is 406. The Labute approximate surface area is 122 Å². The van der Waals surface area contributed by atoms with Crippen LogP contribution >= 0.6 is 0 Å². The van der Waals surface area contributed by atoms with Crippen molar-refractivity contribution in [1.29, 1.82) is 0 Å². The molecule has 1 aromatic heterocycles. The minimum Gasteiger partial charge on any atom is -0.310 e. The van der Waals surface area contributed by atoms with E-state index in [1.54, 1.807) is 0 Å². The molecule has 1 atom stereocenters. The number of aromatic nitrogens is 3. The SMILES string of the molecule is CCCn1nncc1C(NC)C(C)(C)N1CCCCC1. The molecular formula is C15H29N5. The second-order valence-corrected chi connectivity index (χ2v) is 6.31. The fraction of sp³-hybridized carbons (Fsp3) is 0.867. The predicted octanol–water partition coefficient (Wildman–Crippen LogP) is 2.21. The van der Waals surface area contributed by atoms with Gasteiger partial charge in [-0.1, -0.05) is 18.6 Å². The third-order valence-corrected chi connectivity index (χ3v) is 4.55. The molecule has 1 N–H and O–H groups in total. The zero-order valence-electron chi connectivity index (χ0n) is 13.4. The zero-order chi connectivity index (χ0) is 14.6. The van der Waals surface area contributed by atoms with Crippen LogP contribution in [0.3, 0.4) is 0 Å². The van der Waals surface area contributed by atoms with Gasteiger partial charge in [-0.25, -0.2) is 4.68 Å². The van der Waals surface area contributed by atoms with Crippen molar-refractivity contribution in [2.75, 3.05) is 20.1 Å². The van der Waals surface area contributed by atoms with Crippen molar-refractivity contribution >= 4 is 0 Å². The summed E-state index contributed by atoms with van der Waals surface area (Å²) in [5, 5.41) is 11.9. The van der Waals surface area contributed by atoms with E-state index in [0.717, 1.165) is 13.0 Å². The van der Waals surface area contributed by atoms with Crippen molar-refractivity contribution in [2.24, 2.45) is 0 Å². The Kier molecular flexibility index (Phi) is 5.16. The molecule has 1 aliphatic rings. The first-order valence-corrected chi connectivity index (χ1v) is 7.92. The van der Waals surface area contributed by atoms with Gasteiger partial charge >= 0.3 is 0 Å². The molecule has 5 heteroatoms. The molecular weight excluding hydrogens is 250 g/mol. The average molecular weight is 279 g/mol. The molecule has 2 rings (SSSR count). The Hall–Kier alpha value is -0.940. The summed E-state index contributed by atoms with van der Waals surface area (Å²) in [6.45, 7) is 10.2. The zero-order valence-corrected chi connectivity index (χ0v) is 13.4. The molecule has 1 unspecified atom stereocenters. The second-order valence-electron chi connectivity index (χ2n) is 6.31. The summed E-state index contributed by atoms with van der Waals surface area (Å²) in [5.41, 5.74) is 1.27. The highest BCUT2D eigenvalue weighted by molar-refractivity contribution is 5.11. The topological polar surface area (TPSA) is 46.0 Å². The molecule has 0 spiro atoms. The largest absolute Gasteiger partial charge is 0.310 e. The minimum absolute atomic E-state index is 0.0718. The van der Waals surface area contributed by atoms with Crippen molar-refractivity contribution in [1.82, 2.24) is 25.2 Å². The van der Waals surface area contributed by atoms with E-state index in [0.29, 0.717) is 0 Å². The van der Waals surface area contributed by atoms with Crippen molar-refractivity contribution in [3.8, 4) is 0 Å². The first kappa shape index (κ1) is 15.4. The summed E-state index contributed by atoms with van der Waals surface area (Å²) >= 11 is 0. The van der Waals surface area contributed by atoms with Crippen LogP contribution in [-0.2, 0) is 6.54 Å². The van der Waals surface area contributed by atoms with Gasteiger partial charge in [-0.15, -0.1) is 5.10 Å². The summed E-state index contributed by atoms with van der Waals surface area (Å²) in [7, 11) is 2.04. The molecule has 1 fully saturated rings. The third kappa shape index (κ3) is 3.04. The number of hydrogen-bond acceptors (Lipinski definition) is 4. The van der Waals surface area contributed by atoms with E-state index in [2.05, 4.69) is 41.3 Å². The molecule has 0 radical (unpaired) electrons. The molecule has 20 heavy (non-hydrogen) atoms. The monoisotopic (exact) mass is 279 g/mol. The molecule has 0 bridgehead atoms. The predicted molar refractivity (Wildman–Crippen MR) is 81.6 cm³/mol. The third-order valence-electron chi connectivity index (χ3n) is 4.55. The number of piperidine rings is 1. The van der Waals surface area contributed by atoms with Crippen LogP contribution in [0.2, 0.25) is 0 Å². The first-order chi connectivity index (χ1) is 9.61. The van der Waals surface area contributed by atoms with Gasteiger partial charge in [-0.05, 0) is 53.2 Å². The average Bonchev–Trinajstić information content (AvgIpc) is 2.89. The van der Waals surface area contributed by atoms with Crippen LogP contribution in [0.5, 0.6) is 0 Å². The van der Waals surface area contributed by atoms with Crippen LogP contribution in [0.15, 0.2) is 6.20 Å². The van der Waals surface area contributed by atoms with E-state index in [4.69, 9.17) is 0 Å². The van der Waals surface area contributed by atoms with Gasteiger partial charge in [0, 0.05) is 12.1 Å². The highest BCUT2D eigenvalue weighted by atomic mass is 15.4. The molecule has 5 nitrogen and oxygen atoms in total. The van der Waals surface area contributed by atoms with E-state index in [1.165, 1.54) is 38.0 Å². The van der Waals surface area contributed by atoms with Crippen LogP contribution in [0.4, 0.5) is 0 Å². The lowest BCUT2D eigenvalue weighted by Gasteiger charge is -2.45. The molecule has 0 aromatic carbocycles. The van der Waals surface area contributed by atoms with E-state index < -0.39 is 0 Å². The maximum Gasteiger partial charge on any atom is 0.0775 e. The molecule has 1 aromatic rings. The van der Waals surface area contributed by atoms with Crippen LogP contribution in [-0.4, -0.2) is 45.6 Å². The van der Waals surface area contributed by atoms with Gasteiger partial charge in [-0.3, -0.25) is 4.90 Å². The molecule has 1 aliphatic heterocycles. The van der Waals surface area contributed by atoms with E-state index in [9.17, 15) is 0 Å². The van der Waals surface area contributed by atoms with Gasteiger partial charge in [0.05, 0.1) is 17.9 Å². The van der Waals surface area contributed by atoms with Crippen LogP contribution < -0.4 is 5.32 Å². The normalized spacial score (nSPS) is 19.2. The van der Waals surface area contributed by atoms with Gasteiger partial charge in [0.2, 0.25) is 0 Å². The standard InChI is InChI=1S/C15H29N5/c1-5-9-20-13(12-17-18-20)14(16-4)15(2,3)19-10-7-6-8-11-19/h12,14,16H,5-11H2,1-4H3. The Morgan fingerprint density at radius 1 is 1.30 bits per heavy atom. The summed E-state index contributed by atoms with van der Waals surface area (Å²) in [6.07, 6.45) is 6.99. The van der Waals surface area contributed by atoms with Crippen LogP contribution in [0, 0.1) is 0 Å². The lowest BCUT2D eigenvalue weighted by Crippen LogP contribution is -2.54. The molecule has 0 saturated carbocycles. The molecule has 0 aliphatic carbocycles. The van der Waals surface area contributed by atoms with Gasteiger partial charge < -0.3 is 5.32 Å². The van der Waals surface area contributed by atoms with E-state index >= 15 is 0 Å². The van der Waals surface area contributed by atoms with Gasteiger partial charge in [0.25, 0.3) is 0 Å². The molecule has 114 valence electrons. The smallest absolute Gasteiger partial charge is 0.0775 e. The Morgan fingerprint density at radius 3 is 2.60 bits per heavy atom.